The molecule has 3 rings (SSSR count). The molecular formula is C13H23NO2S. The standard InChI is InChI=1S/C13H23NO2S/c15-12-7-11(8-12)14-10-1-4-16-13(9-10)2-5-17-6-3-13/h10-12,14-15H,1-9H2. The topological polar surface area (TPSA) is 41.5 Å². The summed E-state index contributed by atoms with van der Waals surface area (Å²) < 4.78 is 6.09. The Hall–Kier alpha value is 0.230. The highest BCUT2D eigenvalue weighted by Gasteiger charge is 2.40. The van der Waals surface area contributed by atoms with Crippen LogP contribution in [-0.2, 0) is 4.74 Å². The van der Waals surface area contributed by atoms with Crippen molar-refractivity contribution in [2.75, 3.05) is 18.1 Å². The van der Waals surface area contributed by atoms with Crippen LogP contribution in [0.1, 0.15) is 38.5 Å². The minimum atomic E-state index is -0.0487. The van der Waals surface area contributed by atoms with Crippen LogP contribution in [0, 0.1) is 0 Å². The van der Waals surface area contributed by atoms with E-state index >= 15 is 0 Å². The maximum atomic E-state index is 9.32. The third-order valence-electron chi connectivity index (χ3n) is 4.48. The Morgan fingerprint density at radius 1 is 1.18 bits per heavy atom. The molecule has 0 radical (unpaired) electrons. The Kier molecular flexibility index (Phi) is 3.67. The lowest BCUT2D eigenvalue weighted by Gasteiger charge is -2.45. The summed E-state index contributed by atoms with van der Waals surface area (Å²) >= 11 is 2.06. The fraction of sp³-hybridized carbons (Fsp3) is 1.00. The van der Waals surface area contributed by atoms with E-state index in [4.69, 9.17) is 4.74 Å². The van der Waals surface area contributed by atoms with E-state index in [0.717, 1.165) is 25.9 Å². The third kappa shape index (κ3) is 2.80. The van der Waals surface area contributed by atoms with Crippen molar-refractivity contribution in [2.24, 2.45) is 0 Å². The highest BCUT2D eigenvalue weighted by atomic mass is 32.2. The second-order valence-corrected chi connectivity index (χ2v) is 7.05. The molecule has 0 aromatic carbocycles. The maximum absolute atomic E-state index is 9.32. The van der Waals surface area contributed by atoms with Gasteiger partial charge >= 0.3 is 0 Å². The fourth-order valence-corrected chi connectivity index (χ4v) is 4.56. The van der Waals surface area contributed by atoms with Gasteiger partial charge in [0.2, 0.25) is 0 Å². The number of ether oxygens (including phenoxy) is 1. The second kappa shape index (κ2) is 5.08. The number of thioether (sulfide) groups is 1. The third-order valence-corrected chi connectivity index (χ3v) is 5.47. The fourth-order valence-electron chi connectivity index (χ4n) is 3.32. The zero-order valence-electron chi connectivity index (χ0n) is 10.4. The van der Waals surface area contributed by atoms with Crippen LogP contribution >= 0.6 is 11.8 Å². The van der Waals surface area contributed by atoms with E-state index in [1.807, 2.05) is 0 Å². The normalized spacial score (nSPS) is 41.1. The Morgan fingerprint density at radius 2 is 1.94 bits per heavy atom. The van der Waals surface area contributed by atoms with Gasteiger partial charge in [0, 0.05) is 18.7 Å². The monoisotopic (exact) mass is 257 g/mol. The zero-order chi connectivity index (χ0) is 11.7. The first-order chi connectivity index (χ1) is 8.26. The van der Waals surface area contributed by atoms with Crippen molar-refractivity contribution in [2.45, 2.75) is 62.3 Å². The lowest BCUT2D eigenvalue weighted by atomic mass is 9.83. The molecule has 1 spiro atoms. The van der Waals surface area contributed by atoms with Gasteiger partial charge in [0.25, 0.3) is 0 Å². The van der Waals surface area contributed by atoms with Crippen LogP contribution in [0.5, 0.6) is 0 Å². The lowest BCUT2D eigenvalue weighted by molar-refractivity contribution is -0.0966. The molecule has 0 aromatic heterocycles. The first-order valence-electron chi connectivity index (χ1n) is 6.92. The van der Waals surface area contributed by atoms with Gasteiger partial charge in [0.15, 0.2) is 0 Å². The molecule has 2 saturated heterocycles. The van der Waals surface area contributed by atoms with E-state index in [0.29, 0.717) is 12.1 Å². The molecule has 1 unspecified atom stereocenters. The van der Waals surface area contributed by atoms with Crippen LogP contribution in [-0.4, -0.2) is 47.0 Å². The molecule has 1 saturated carbocycles. The molecule has 0 aromatic rings. The second-order valence-electron chi connectivity index (χ2n) is 5.82. The van der Waals surface area contributed by atoms with Crippen LogP contribution < -0.4 is 5.32 Å². The number of rotatable bonds is 2. The molecule has 4 heteroatoms. The molecule has 98 valence electrons. The molecule has 2 heterocycles. The first kappa shape index (κ1) is 12.3. The number of hydrogen-bond acceptors (Lipinski definition) is 4. The summed E-state index contributed by atoms with van der Waals surface area (Å²) in [6.07, 6.45) is 6.61. The van der Waals surface area contributed by atoms with Gasteiger partial charge in [-0.25, -0.2) is 0 Å². The molecule has 2 aliphatic heterocycles. The van der Waals surface area contributed by atoms with Gasteiger partial charge in [-0.05, 0) is 50.0 Å². The van der Waals surface area contributed by atoms with Gasteiger partial charge in [-0.3, -0.25) is 0 Å². The van der Waals surface area contributed by atoms with E-state index in [1.165, 1.54) is 30.8 Å². The van der Waals surface area contributed by atoms with E-state index in [1.54, 1.807) is 0 Å². The van der Waals surface area contributed by atoms with E-state index < -0.39 is 0 Å². The van der Waals surface area contributed by atoms with Crippen molar-refractivity contribution in [3.63, 3.8) is 0 Å². The van der Waals surface area contributed by atoms with Gasteiger partial charge in [-0.1, -0.05) is 0 Å². The molecule has 17 heavy (non-hydrogen) atoms. The summed E-state index contributed by atoms with van der Waals surface area (Å²) in [5.41, 5.74) is 0.184. The Morgan fingerprint density at radius 3 is 2.65 bits per heavy atom. The van der Waals surface area contributed by atoms with Gasteiger partial charge in [-0.2, -0.15) is 11.8 Å². The first-order valence-corrected chi connectivity index (χ1v) is 8.07. The highest BCUT2D eigenvalue weighted by Crippen LogP contribution is 2.38. The smallest absolute Gasteiger partial charge is 0.0713 e. The maximum Gasteiger partial charge on any atom is 0.0713 e. The van der Waals surface area contributed by atoms with E-state index in [9.17, 15) is 5.11 Å². The van der Waals surface area contributed by atoms with Gasteiger partial charge in [0.1, 0.15) is 0 Å². The van der Waals surface area contributed by atoms with Crippen LogP contribution in [0.2, 0.25) is 0 Å². The largest absolute Gasteiger partial charge is 0.393 e. The summed E-state index contributed by atoms with van der Waals surface area (Å²) in [4.78, 5) is 0. The summed E-state index contributed by atoms with van der Waals surface area (Å²) in [7, 11) is 0. The van der Waals surface area contributed by atoms with Crippen molar-refractivity contribution in [1.29, 1.82) is 0 Å². The molecule has 3 fully saturated rings. The SMILES string of the molecule is OC1CC(NC2CCOC3(CCSCC3)C2)C1. The lowest BCUT2D eigenvalue weighted by Crippen LogP contribution is -2.54. The molecular weight excluding hydrogens is 234 g/mol. The average molecular weight is 257 g/mol. The van der Waals surface area contributed by atoms with Crippen molar-refractivity contribution in [3.8, 4) is 0 Å². The summed E-state index contributed by atoms with van der Waals surface area (Å²) in [5, 5.41) is 13.0. The van der Waals surface area contributed by atoms with Gasteiger partial charge in [0.05, 0.1) is 11.7 Å². The van der Waals surface area contributed by atoms with Crippen molar-refractivity contribution in [1.82, 2.24) is 5.32 Å². The number of hydrogen-bond donors (Lipinski definition) is 2. The van der Waals surface area contributed by atoms with Crippen LogP contribution in [0.15, 0.2) is 0 Å². The quantitative estimate of drug-likeness (QED) is 0.787. The summed E-state index contributed by atoms with van der Waals surface area (Å²) in [5.74, 6) is 2.52. The molecule has 1 atom stereocenters. The summed E-state index contributed by atoms with van der Waals surface area (Å²) in [6, 6.07) is 1.17. The van der Waals surface area contributed by atoms with Crippen molar-refractivity contribution in [3.05, 3.63) is 0 Å². The minimum absolute atomic E-state index is 0.0487. The highest BCUT2D eigenvalue weighted by molar-refractivity contribution is 7.99. The Bertz CT molecular complexity index is 257. The van der Waals surface area contributed by atoms with Crippen LogP contribution in [0.3, 0.4) is 0 Å². The van der Waals surface area contributed by atoms with E-state index in [2.05, 4.69) is 17.1 Å². The number of aliphatic hydroxyl groups excluding tert-OH is 1. The van der Waals surface area contributed by atoms with Crippen LogP contribution in [0.4, 0.5) is 0 Å². The molecule has 2 N–H and O–H groups in total. The Labute approximate surface area is 108 Å². The molecule has 1 aliphatic carbocycles. The molecule has 3 aliphatic rings. The minimum Gasteiger partial charge on any atom is -0.393 e. The summed E-state index contributed by atoms with van der Waals surface area (Å²) in [6.45, 7) is 0.914. The van der Waals surface area contributed by atoms with Gasteiger partial charge in [-0.15, -0.1) is 0 Å². The Balaban J connectivity index is 1.52. The average Bonchev–Trinajstić information content (AvgIpc) is 2.28. The molecule has 0 amide bonds. The predicted molar refractivity (Wildman–Crippen MR) is 70.4 cm³/mol. The number of aliphatic hydroxyl groups is 1. The van der Waals surface area contributed by atoms with E-state index in [-0.39, 0.29) is 11.7 Å². The molecule has 3 nitrogen and oxygen atoms in total. The zero-order valence-corrected chi connectivity index (χ0v) is 11.2. The van der Waals surface area contributed by atoms with Crippen LogP contribution in [0.25, 0.3) is 0 Å². The number of nitrogens with one attached hydrogen (secondary N) is 1. The van der Waals surface area contributed by atoms with Crippen molar-refractivity contribution < 1.29 is 9.84 Å². The predicted octanol–water partition coefficient (Wildman–Crippen LogP) is 1.54. The van der Waals surface area contributed by atoms with Crippen molar-refractivity contribution >= 4 is 11.8 Å². The molecule has 0 bridgehead atoms. The van der Waals surface area contributed by atoms with Gasteiger partial charge < -0.3 is 15.2 Å².